The number of aromatic hydroxyl groups is 1. The summed E-state index contributed by atoms with van der Waals surface area (Å²) in [7, 11) is 1.63. The maximum absolute atomic E-state index is 13.7. The second-order valence-corrected chi connectivity index (χ2v) is 10.9. The number of hydrogen-bond acceptors (Lipinski definition) is 4. The van der Waals surface area contributed by atoms with Gasteiger partial charge in [-0.3, -0.25) is 4.79 Å². The number of aryl methyl sites for hydroxylation is 1. The second-order valence-electron chi connectivity index (χ2n) is 10.9. The fraction of sp³-hybridized carbons (Fsp3) is 0.607. The first kappa shape index (κ1) is 24.6. The molecular formula is C28H40O4. The van der Waals surface area contributed by atoms with Crippen molar-refractivity contribution in [3.63, 3.8) is 0 Å². The fourth-order valence-electron chi connectivity index (χ4n) is 5.68. The van der Waals surface area contributed by atoms with Crippen LogP contribution < -0.4 is 4.74 Å². The Balaban J connectivity index is 1.89. The number of methoxy groups -OCH3 is 1. The van der Waals surface area contributed by atoms with Crippen LogP contribution in [0.25, 0.3) is 0 Å². The molecule has 2 aliphatic rings. The Labute approximate surface area is 193 Å². The van der Waals surface area contributed by atoms with Crippen LogP contribution in [0.4, 0.5) is 0 Å². The molecule has 0 bridgehead atoms. The van der Waals surface area contributed by atoms with Crippen LogP contribution in [0.5, 0.6) is 11.5 Å². The monoisotopic (exact) mass is 440 g/mol. The average Bonchev–Trinajstić information content (AvgIpc) is 3.00. The zero-order chi connectivity index (χ0) is 23.8. The van der Waals surface area contributed by atoms with Gasteiger partial charge < -0.3 is 14.9 Å². The Hall–Kier alpha value is -2.07. The number of aliphatic hydroxyl groups is 1. The quantitative estimate of drug-likeness (QED) is 0.505. The topological polar surface area (TPSA) is 66.8 Å². The summed E-state index contributed by atoms with van der Waals surface area (Å²) >= 11 is 0. The predicted molar refractivity (Wildman–Crippen MR) is 129 cm³/mol. The summed E-state index contributed by atoms with van der Waals surface area (Å²) in [6.45, 7) is 11.9. The number of phenols is 1. The van der Waals surface area contributed by atoms with Crippen LogP contribution in [0.15, 0.2) is 34.9 Å². The summed E-state index contributed by atoms with van der Waals surface area (Å²) in [5.74, 6) is 2.08. The maximum Gasteiger partial charge on any atom is 0.165 e. The minimum Gasteiger partial charge on any atom is -0.507 e. The molecule has 0 unspecified atom stereocenters. The Bertz CT molecular complexity index is 947. The number of phenolic OH excluding ortho intramolecular Hbond substituents is 1. The molecule has 1 saturated carbocycles. The average molecular weight is 441 g/mol. The predicted octanol–water partition coefficient (Wildman–Crippen LogP) is 6.07. The lowest BCUT2D eigenvalue weighted by Gasteiger charge is -2.41. The third kappa shape index (κ3) is 4.80. The van der Waals surface area contributed by atoms with Crippen LogP contribution in [0.2, 0.25) is 0 Å². The molecule has 0 amide bonds. The van der Waals surface area contributed by atoms with Gasteiger partial charge in [-0.05, 0) is 94.9 Å². The third-order valence-electron chi connectivity index (χ3n) is 7.86. The molecule has 1 fully saturated rings. The van der Waals surface area contributed by atoms with Crippen LogP contribution >= 0.6 is 0 Å². The maximum atomic E-state index is 13.7. The summed E-state index contributed by atoms with van der Waals surface area (Å²) in [4.78, 5) is 13.7. The largest absolute Gasteiger partial charge is 0.507 e. The smallest absolute Gasteiger partial charge is 0.165 e. The van der Waals surface area contributed by atoms with Crippen molar-refractivity contribution in [1.82, 2.24) is 0 Å². The molecule has 4 heteroatoms. The van der Waals surface area contributed by atoms with Crippen molar-refractivity contribution in [2.45, 2.75) is 85.7 Å². The third-order valence-corrected chi connectivity index (χ3v) is 7.86. The molecule has 0 aliphatic heterocycles. The van der Waals surface area contributed by atoms with Gasteiger partial charge >= 0.3 is 0 Å². The summed E-state index contributed by atoms with van der Waals surface area (Å²) in [5.41, 5.74) is 3.63. The Morgan fingerprint density at radius 3 is 2.62 bits per heavy atom. The van der Waals surface area contributed by atoms with E-state index in [1.165, 1.54) is 11.1 Å². The summed E-state index contributed by atoms with van der Waals surface area (Å²) in [6, 6.07) is 3.71. The molecule has 0 aromatic heterocycles. The number of carbonyl (C=O) groups is 1. The first-order chi connectivity index (χ1) is 14.9. The summed E-state index contributed by atoms with van der Waals surface area (Å²) < 4.78 is 5.35. The van der Waals surface area contributed by atoms with Gasteiger partial charge in [0.25, 0.3) is 0 Å². The highest BCUT2D eigenvalue weighted by Crippen LogP contribution is 2.56. The van der Waals surface area contributed by atoms with Crippen molar-refractivity contribution in [3.8, 4) is 11.5 Å². The number of benzene rings is 1. The minimum atomic E-state index is -0.914. The second kappa shape index (κ2) is 9.05. The molecule has 3 atom stereocenters. The van der Waals surface area contributed by atoms with E-state index in [0.29, 0.717) is 30.4 Å². The van der Waals surface area contributed by atoms with E-state index < -0.39 is 5.60 Å². The Kier molecular flexibility index (Phi) is 6.95. The van der Waals surface area contributed by atoms with Crippen LogP contribution in [-0.2, 0) is 11.2 Å². The molecule has 4 nitrogen and oxygen atoms in total. The van der Waals surface area contributed by atoms with Crippen molar-refractivity contribution >= 4 is 5.78 Å². The standard InChI is InChI=1S/C28H40O4/c1-17(8-10-20-15-23(32-7)13-18(2)25(20)29)12-21-14-22-11-9-19(3)28(22,6)26(30)24(21)16-27(4,5)31/h8,13,15,19,22,29,31H,9-12,14,16H2,1-7H3/b17-8+/t19-,22+,28-/m0/s1. The van der Waals surface area contributed by atoms with E-state index in [1.807, 2.05) is 19.1 Å². The normalized spacial score (nSPS) is 26.5. The van der Waals surface area contributed by atoms with Crippen LogP contribution in [0.3, 0.4) is 0 Å². The van der Waals surface area contributed by atoms with E-state index in [2.05, 4.69) is 26.8 Å². The number of fused-ring (bicyclic) bond motifs is 1. The van der Waals surface area contributed by atoms with Crippen molar-refractivity contribution in [1.29, 1.82) is 0 Å². The first-order valence-electron chi connectivity index (χ1n) is 11.9. The molecule has 0 heterocycles. The van der Waals surface area contributed by atoms with Gasteiger partial charge in [0.1, 0.15) is 11.5 Å². The highest BCUT2D eigenvalue weighted by molar-refractivity contribution is 6.02. The van der Waals surface area contributed by atoms with E-state index >= 15 is 0 Å². The number of carbonyl (C=O) groups excluding carboxylic acids is 1. The van der Waals surface area contributed by atoms with E-state index in [0.717, 1.165) is 48.1 Å². The minimum absolute atomic E-state index is 0.254. The van der Waals surface area contributed by atoms with Crippen LogP contribution in [0, 0.1) is 24.2 Å². The number of allylic oxidation sites excluding steroid dienone is 3. The van der Waals surface area contributed by atoms with Gasteiger partial charge in [0.15, 0.2) is 5.78 Å². The van der Waals surface area contributed by atoms with Gasteiger partial charge in [-0.2, -0.15) is 0 Å². The van der Waals surface area contributed by atoms with Gasteiger partial charge in [-0.25, -0.2) is 0 Å². The van der Waals surface area contributed by atoms with Gasteiger partial charge in [-0.15, -0.1) is 0 Å². The van der Waals surface area contributed by atoms with Gasteiger partial charge in [-0.1, -0.05) is 31.1 Å². The van der Waals surface area contributed by atoms with Gasteiger partial charge in [0, 0.05) is 17.4 Å². The first-order valence-corrected chi connectivity index (χ1v) is 11.9. The number of hydrogen-bond donors (Lipinski definition) is 2. The lowest BCUT2D eigenvalue weighted by atomic mass is 9.61. The SMILES string of the molecule is COc1cc(C)c(O)c(C/C=C(\C)CC2=C(CC(C)(C)O)C(=O)[C@]3(C)[C@H](CC[C@@H]3C)C2)c1. The zero-order valence-electron chi connectivity index (χ0n) is 20.8. The molecule has 176 valence electrons. The van der Waals surface area contributed by atoms with E-state index in [9.17, 15) is 15.0 Å². The number of ketones is 1. The molecule has 32 heavy (non-hydrogen) atoms. The van der Waals surface area contributed by atoms with E-state index in [1.54, 1.807) is 21.0 Å². The Morgan fingerprint density at radius 2 is 2.00 bits per heavy atom. The van der Waals surface area contributed by atoms with Crippen molar-refractivity contribution in [2.24, 2.45) is 17.3 Å². The van der Waals surface area contributed by atoms with Crippen LogP contribution in [-0.4, -0.2) is 28.7 Å². The lowest BCUT2D eigenvalue weighted by molar-refractivity contribution is -0.129. The highest BCUT2D eigenvalue weighted by atomic mass is 16.5. The molecule has 2 N–H and O–H groups in total. The van der Waals surface area contributed by atoms with Crippen LogP contribution in [0.1, 0.15) is 77.8 Å². The van der Waals surface area contributed by atoms with E-state index in [4.69, 9.17) is 4.74 Å². The molecule has 2 aliphatic carbocycles. The molecule has 0 spiro atoms. The Morgan fingerprint density at radius 1 is 1.31 bits per heavy atom. The van der Waals surface area contributed by atoms with Crippen molar-refractivity contribution in [2.75, 3.05) is 7.11 Å². The lowest BCUT2D eigenvalue weighted by Crippen LogP contribution is -2.42. The van der Waals surface area contributed by atoms with Gasteiger partial charge in [0.2, 0.25) is 0 Å². The number of Topliss-reactive ketones (excluding diaryl/α,β-unsaturated/α-hetero) is 1. The molecule has 1 aromatic rings. The van der Waals surface area contributed by atoms with Crippen molar-refractivity contribution in [3.05, 3.63) is 46.1 Å². The summed E-state index contributed by atoms with van der Waals surface area (Å²) in [5, 5.41) is 21.0. The molecule has 0 radical (unpaired) electrons. The zero-order valence-corrected chi connectivity index (χ0v) is 20.8. The number of rotatable bonds is 7. The number of ether oxygens (including phenoxy) is 1. The fourth-order valence-corrected chi connectivity index (χ4v) is 5.68. The highest BCUT2D eigenvalue weighted by Gasteiger charge is 2.53. The van der Waals surface area contributed by atoms with Gasteiger partial charge in [0.05, 0.1) is 12.7 Å². The van der Waals surface area contributed by atoms with Crippen molar-refractivity contribution < 1.29 is 19.7 Å². The molecule has 3 rings (SSSR count). The summed E-state index contributed by atoms with van der Waals surface area (Å²) in [6.07, 6.45) is 7.02. The molecular weight excluding hydrogens is 400 g/mol. The molecule has 1 aromatic carbocycles. The van der Waals surface area contributed by atoms with E-state index in [-0.39, 0.29) is 11.2 Å². The molecule has 0 saturated heterocycles.